The molecule has 0 atom stereocenters. The molecule has 0 fully saturated rings. The molecule has 0 aromatic heterocycles. The second-order valence-corrected chi connectivity index (χ2v) is 3.59. The second-order valence-electron chi connectivity index (χ2n) is 3.59. The van der Waals surface area contributed by atoms with Gasteiger partial charge < -0.3 is 10.1 Å². The molecule has 0 aliphatic heterocycles. The van der Waals surface area contributed by atoms with E-state index in [1.165, 1.54) is 0 Å². The van der Waals surface area contributed by atoms with Crippen LogP contribution in [0.1, 0.15) is 18.9 Å². The van der Waals surface area contributed by atoms with Crippen LogP contribution in [0.15, 0.2) is 29.3 Å². The van der Waals surface area contributed by atoms with Crippen molar-refractivity contribution in [2.45, 2.75) is 19.9 Å². The van der Waals surface area contributed by atoms with Crippen LogP contribution < -0.4 is 21.3 Å². The minimum absolute atomic E-state index is 0.563. The van der Waals surface area contributed by atoms with E-state index in [-0.39, 0.29) is 0 Å². The Morgan fingerprint density at radius 3 is 2.94 bits per heavy atom. The van der Waals surface area contributed by atoms with E-state index in [0.29, 0.717) is 12.5 Å². The van der Waals surface area contributed by atoms with Gasteiger partial charge >= 0.3 is 0 Å². The monoisotopic (exact) mass is 236 g/mol. The van der Waals surface area contributed by atoms with Crippen LogP contribution >= 0.6 is 0 Å². The van der Waals surface area contributed by atoms with Crippen molar-refractivity contribution < 1.29 is 4.74 Å². The van der Waals surface area contributed by atoms with Crippen LogP contribution in [0.3, 0.4) is 0 Å². The van der Waals surface area contributed by atoms with Gasteiger partial charge in [0.1, 0.15) is 5.75 Å². The van der Waals surface area contributed by atoms with Gasteiger partial charge in [0.2, 0.25) is 5.96 Å². The highest BCUT2D eigenvalue weighted by Crippen LogP contribution is 2.12. The van der Waals surface area contributed by atoms with Crippen molar-refractivity contribution in [1.29, 1.82) is 0 Å². The average Bonchev–Trinajstić information content (AvgIpc) is 2.39. The highest BCUT2D eigenvalue weighted by atomic mass is 16.5. The fraction of sp³-hybridized carbons (Fsp3) is 0.417. The Kier molecular flexibility index (Phi) is 5.88. The van der Waals surface area contributed by atoms with Crippen LogP contribution in [0.5, 0.6) is 5.75 Å². The fourth-order valence-corrected chi connectivity index (χ4v) is 1.34. The topological polar surface area (TPSA) is 71.7 Å². The summed E-state index contributed by atoms with van der Waals surface area (Å²) in [5, 5.41) is 3.10. The summed E-state index contributed by atoms with van der Waals surface area (Å²) in [6.07, 6.45) is 1.03. The van der Waals surface area contributed by atoms with Crippen LogP contribution in [0, 0.1) is 0 Å². The van der Waals surface area contributed by atoms with Crippen LogP contribution in [-0.2, 0) is 6.54 Å². The lowest BCUT2D eigenvalue weighted by atomic mass is 10.2. The lowest BCUT2D eigenvalue weighted by Crippen LogP contribution is -2.41. The molecule has 0 heterocycles. The third kappa shape index (κ3) is 4.74. The SMILES string of the molecule is CCCNC(=NCc1cccc(OC)c1)NN. The molecule has 0 aliphatic carbocycles. The quantitative estimate of drug-likeness (QED) is 0.309. The molecule has 0 radical (unpaired) electrons. The maximum absolute atomic E-state index is 5.37. The van der Waals surface area contributed by atoms with Crippen molar-refractivity contribution >= 4 is 5.96 Å². The summed E-state index contributed by atoms with van der Waals surface area (Å²) in [4.78, 5) is 4.34. The molecule has 1 aromatic rings. The minimum Gasteiger partial charge on any atom is -0.497 e. The maximum atomic E-state index is 5.37. The van der Waals surface area contributed by atoms with Crippen molar-refractivity contribution in [3.63, 3.8) is 0 Å². The number of rotatable bonds is 5. The van der Waals surface area contributed by atoms with E-state index in [0.717, 1.165) is 24.3 Å². The number of hydrogen-bond acceptors (Lipinski definition) is 3. The van der Waals surface area contributed by atoms with Gasteiger partial charge in [0.15, 0.2) is 0 Å². The molecule has 0 saturated carbocycles. The first-order chi connectivity index (χ1) is 8.30. The van der Waals surface area contributed by atoms with E-state index in [4.69, 9.17) is 10.6 Å². The third-order valence-corrected chi connectivity index (χ3v) is 2.23. The standard InChI is InChI=1S/C12H20N4O/c1-3-7-14-12(16-13)15-9-10-5-4-6-11(8-10)17-2/h4-6,8H,3,7,9,13H2,1-2H3,(H2,14,15,16). The number of nitrogens with one attached hydrogen (secondary N) is 2. The van der Waals surface area contributed by atoms with Crippen molar-refractivity contribution in [2.75, 3.05) is 13.7 Å². The van der Waals surface area contributed by atoms with E-state index in [2.05, 4.69) is 22.7 Å². The Morgan fingerprint density at radius 1 is 1.47 bits per heavy atom. The first kappa shape index (κ1) is 13.3. The normalized spacial score (nSPS) is 11.1. The molecule has 0 spiro atoms. The van der Waals surface area contributed by atoms with Gasteiger partial charge in [-0.2, -0.15) is 0 Å². The van der Waals surface area contributed by atoms with E-state index < -0.39 is 0 Å². The summed E-state index contributed by atoms with van der Waals surface area (Å²) in [7, 11) is 1.65. The Labute approximate surface area is 102 Å². The molecule has 0 aliphatic rings. The zero-order chi connectivity index (χ0) is 12.5. The van der Waals surface area contributed by atoms with Crippen molar-refractivity contribution in [1.82, 2.24) is 10.7 Å². The lowest BCUT2D eigenvalue weighted by Gasteiger charge is -2.08. The van der Waals surface area contributed by atoms with Crippen LogP contribution in [0.25, 0.3) is 0 Å². The Morgan fingerprint density at radius 2 is 2.29 bits per heavy atom. The summed E-state index contributed by atoms with van der Waals surface area (Å²) >= 11 is 0. The Balaban J connectivity index is 2.59. The van der Waals surface area contributed by atoms with Gasteiger partial charge in [-0.05, 0) is 24.1 Å². The van der Waals surface area contributed by atoms with E-state index in [1.54, 1.807) is 7.11 Å². The molecule has 0 saturated heterocycles. The van der Waals surface area contributed by atoms with Gasteiger partial charge in [0.05, 0.1) is 13.7 Å². The van der Waals surface area contributed by atoms with Gasteiger partial charge in [-0.25, -0.2) is 10.8 Å². The molecular formula is C12H20N4O. The highest BCUT2D eigenvalue weighted by Gasteiger charge is 1.97. The summed E-state index contributed by atoms with van der Waals surface area (Å²) < 4.78 is 5.15. The van der Waals surface area contributed by atoms with Crippen molar-refractivity contribution in [3.05, 3.63) is 29.8 Å². The lowest BCUT2D eigenvalue weighted by molar-refractivity contribution is 0.414. The van der Waals surface area contributed by atoms with Crippen LogP contribution in [-0.4, -0.2) is 19.6 Å². The number of methoxy groups -OCH3 is 1. The molecule has 5 heteroatoms. The predicted molar refractivity (Wildman–Crippen MR) is 69.7 cm³/mol. The molecule has 4 N–H and O–H groups in total. The molecule has 0 unspecified atom stereocenters. The number of hydrogen-bond donors (Lipinski definition) is 3. The number of hydrazine groups is 1. The molecule has 1 rings (SSSR count). The zero-order valence-corrected chi connectivity index (χ0v) is 10.4. The molecule has 0 bridgehead atoms. The summed E-state index contributed by atoms with van der Waals surface area (Å²) in [5.41, 5.74) is 3.62. The first-order valence-corrected chi connectivity index (χ1v) is 5.68. The van der Waals surface area contributed by atoms with Gasteiger partial charge in [0.25, 0.3) is 0 Å². The highest BCUT2D eigenvalue weighted by molar-refractivity contribution is 5.79. The Bertz CT molecular complexity index is 365. The minimum atomic E-state index is 0.563. The van der Waals surface area contributed by atoms with Gasteiger partial charge in [-0.15, -0.1) is 0 Å². The number of ether oxygens (including phenoxy) is 1. The molecule has 1 aromatic carbocycles. The first-order valence-electron chi connectivity index (χ1n) is 5.68. The van der Waals surface area contributed by atoms with Gasteiger partial charge in [0, 0.05) is 6.54 Å². The van der Waals surface area contributed by atoms with E-state index in [1.807, 2.05) is 24.3 Å². The van der Waals surface area contributed by atoms with Crippen molar-refractivity contribution in [2.24, 2.45) is 10.8 Å². The molecule has 0 amide bonds. The summed E-state index contributed by atoms with van der Waals surface area (Å²) in [6, 6.07) is 7.81. The summed E-state index contributed by atoms with van der Waals surface area (Å²) in [5.74, 6) is 6.81. The smallest absolute Gasteiger partial charge is 0.206 e. The average molecular weight is 236 g/mol. The van der Waals surface area contributed by atoms with Crippen molar-refractivity contribution in [3.8, 4) is 5.75 Å². The third-order valence-electron chi connectivity index (χ3n) is 2.23. The van der Waals surface area contributed by atoms with Crippen LogP contribution in [0.2, 0.25) is 0 Å². The summed E-state index contributed by atoms with van der Waals surface area (Å²) in [6.45, 7) is 3.50. The van der Waals surface area contributed by atoms with Gasteiger partial charge in [-0.3, -0.25) is 5.43 Å². The molecular weight excluding hydrogens is 216 g/mol. The number of benzene rings is 1. The molecule has 94 valence electrons. The number of nitrogens with two attached hydrogens (primary N) is 1. The fourth-order valence-electron chi connectivity index (χ4n) is 1.34. The van der Waals surface area contributed by atoms with E-state index >= 15 is 0 Å². The maximum Gasteiger partial charge on any atom is 0.206 e. The van der Waals surface area contributed by atoms with Crippen LogP contribution in [0.4, 0.5) is 0 Å². The predicted octanol–water partition coefficient (Wildman–Crippen LogP) is 1.01. The largest absolute Gasteiger partial charge is 0.497 e. The van der Waals surface area contributed by atoms with Gasteiger partial charge in [-0.1, -0.05) is 19.1 Å². The van der Waals surface area contributed by atoms with E-state index in [9.17, 15) is 0 Å². The second kappa shape index (κ2) is 7.51. The molecule has 5 nitrogen and oxygen atoms in total. The zero-order valence-electron chi connectivity index (χ0n) is 10.4. The number of aliphatic imine (C=N–C) groups is 1. The number of nitrogens with zero attached hydrogens (tertiary/aromatic N) is 1. The molecule has 17 heavy (non-hydrogen) atoms. The number of guanidine groups is 1. The Hall–Kier alpha value is -1.75.